The lowest BCUT2D eigenvalue weighted by atomic mass is 9.99. The van der Waals surface area contributed by atoms with Crippen molar-refractivity contribution in [1.82, 2.24) is 10.3 Å². The maximum atomic E-state index is 5.84. The summed E-state index contributed by atoms with van der Waals surface area (Å²) in [7, 11) is 0. The van der Waals surface area contributed by atoms with Crippen LogP contribution in [0.15, 0.2) is 18.2 Å². The fourth-order valence-corrected chi connectivity index (χ4v) is 2.25. The van der Waals surface area contributed by atoms with E-state index in [1.54, 1.807) is 0 Å². The predicted molar refractivity (Wildman–Crippen MR) is 74.0 cm³/mol. The van der Waals surface area contributed by atoms with E-state index in [-0.39, 0.29) is 0 Å². The first-order valence-corrected chi connectivity index (χ1v) is 7.10. The van der Waals surface area contributed by atoms with Gasteiger partial charge in [0.1, 0.15) is 0 Å². The summed E-state index contributed by atoms with van der Waals surface area (Å²) >= 11 is 0. The topological polar surface area (TPSA) is 34.1 Å². The predicted octanol–water partition coefficient (Wildman–Crippen LogP) is 2.97. The second kappa shape index (κ2) is 6.74. The van der Waals surface area contributed by atoms with Gasteiger partial charge < -0.3 is 10.1 Å². The fraction of sp³-hybridized carbons (Fsp3) is 0.667. The zero-order chi connectivity index (χ0) is 12.8. The van der Waals surface area contributed by atoms with Gasteiger partial charge in [0, 0.05) is 11.8 Å². The van der Waals surface area contributed by atoms with Crippen LogP contribution in [0.5, 0.6) is 5.88 Å². The summed E-state index contributed by atoms with van der Waals surface area (Å²) in [5.74, 6) is 1.97. The SMILES string of the molecule is CCC(C)c1cccc(OCC2CCNCC2)n1. The Labute approximate surface area is 110 Å². The Kier molecular flexibility index (Phi) is 5.00. The Morgan fingerprint density at radius 3 is 2.89 bits per heavy atom. The lowest BCUT2D eigenvalue weighted by Gasteiger charge is -2.22. The molecular formula is C15H24N2O. The monoisotopic (exact) mass is 248 g/mol. The van der Waals surface area contributed by atoms with Gasteiger partial charge in [0.2, 0.25) is 5.88 Å². The van der Waals surface area contributed by atoms with Crippen LogP contribution in [-0.4, -0.2) is 24.7 Å². The van der Waals surface area contributed by atoms with Crippen molar-refractivity contribution in [2.24, 2.45) is 5.92 Å². The van der Waals surface area contributed by atoms with Gasteiger partial charge >= 0.3 is 0 Å². The van der Waals surface area contributed by atoms with E-state index in [9.17, 15) is 0 Å². The molecule has 0 saturated carbocycles. The van der Waals surface area contributed by atoms with E-state index < -0.39 is 0 Å². The molecule has 0 spiro atoms. The van der Waals surface area contributed by atoms with Crippen LogP contribution in [0.25, 0.3) is 0 Å². The molecule has 1 aromatic heterocycles. The van der Waals surface area contributed by atoms with Gasteiger partial charge in [0.05, 0.1) is 6.61 Å². The van der Waals surface area contributed by atoms with Crippen LogP contribution in [0.3, 0.4) is 0 Å². The number of nitrogens with zero attached hydrogens (tertiary/aromatic N) is 1. The van der Waals surface area contributed by atoms with Crippen molar-refractivity contribution in [2.45, 2.75) is 39.0 Å². The highest BCUT2D eigenvalue weighted by molar-refractivity contribution is 5.18. The quantitative estimate of drug-likeness (QED) is 0.870. The maximum Gasteiger partial charge on any atom is 0.213 e. The molecule has 1 aliphatic rings. The van der Waals surface area contributed by atoms with Crippen LogP contribution < -0.4 is 10.1 Å². The molecule has 1 unspecified atom stereocenters. The van der Waals surface area contributed by atoms with E-state index in [0.29, 0.717) is 11.8 Å². The van der Waals surface area contributed by atoms with E-state index in [1.807, 2.05) is 12.1 Å². The van der Waals surface area contributed by atoms with E-state index in [1.165, 1.54) is 12.8 Å². The fourth-order valence-electron chi connectivity index (χ4n) is 2.25. The van der Waals surface area contributed by atoms with Gasteiger partial charge in [-0.3, -0.25) is 0 Å². The molecule has 3 heteroatoms. The van der Waals surface area contributed by atoms with Gasteiger partial charge in [-0.15, -0.1) is 0 Å². The molecule has 1 N–H and O–H groups in total. The van der Waals surface area contributed by atoms with Gasteiger partial charge in [-0.2, -0.15) is 0 Å². The minimum Gasteiger partial charge on any atom is -0.477 e. The van der Waals surface area contributed by atoms with Crippen LogP contribution in [0.4, 0.5) is 0 Å². The average Bonchev–Trinajstić information content (AvgIpc) is 2.45. The normalized spacial score (nSPS) is 18.6. The largest absolute Gasteiger partial charge is 0.477 e. The molecule has 1 aromatic rings. The number of nitrogens with one attached hydrogen (secondary N) is 1. The highest BCUT2D eigenvalue weighted by Crippen LogP contribution is 2.20. The van der Waals surface area contributed by atoms with Crippen LogP contribution in [0, 0.1) is 5.92 Å². The van der Waals surface area contributed by atoms with E-state index >= 15 is 0 Å². The third-order valence-corrected chi connectivity index (χ3v) is 3.79. The highest BCUT2D eigenvalue weighted by atomic mass is 16.5. The lowest BCUT2D eigenvalue weighted by molar-refractivity contribution is 0.208. The Morgan fingerprint density at radius 1 is 1.39 bits per heavy atom. The van der Waals surface area contributed by atoms with E-state index in [4.69, 9.17) is 4.74 Å². The van der Waals surface area contributed by atoms with Gasteiger partial charge in [-0.05, 0) is 50.3 Å². The number of hydrogen-bond donors (Lipinski definition) is 1. The van der Waals surface area contributed by atoms with Crippen LogP contribution in [0.2, 0.25) is 0 Å². The second-order valence-electron chi connectivity index (χ2n) is 5.21. The van der Waals surface area contributed by atoms with Gasteiger partial charge in [0.25, 0.3) is 0 Å². The van der Waals surface area contributed by atoms with Crippen molar-refractivity contribution in [3.8, 4) is 5.88 Å². The standard InChI is InChI=1S/C15H24N2O/c1-3-12(2)14-5-4-6-15(17-14)18-11-13-7-9-16-10-8-13/h4-6,12-13,16H,3,7-11H2,1-2H3. The summed E-state index contributed by atoms with van der Waals surface area (Å²) in [5.41, 5.74) is 1.14. The van der Waals surface area contributed by atoms with Crippen LogP contribution >= 0.6 is 0 Å². The summed E-state index contributed by atoms with van der Waals surface area (Å²) in [6.45, 7) is 7.44. The molecule has 1 saturated heterocycles. The number of piperidine rings is 1. The minimum atomic E-state index is 0.507. The zero-order valence-electron chi connectivity index (χ0n) is 11.5. The molecule has 1 atom stereocenters. The lowest BCUT2D eigenvalue weighted by Crippen LogP contribution is -2.30. The summed E-state index contributed by atoms with van der Waals surface area (Å²) in [4.78, 5) is 4.59. The molecule has 2 heterocycles. The van der Waals surface area contributed by atoms with Crippen molar-refractivity contribution < 1.29 is 4.74 Å². The first-order valence-electron chi connectivity index (χ1n) is 7.10. The molecule has 3 nitrogen and oxygen atoms in total. The number of rotatable bonds is 5. The molecule has 0 amide bonds. The molecular weight excluding hydrogens is 224 g/mol. The van der Waals surface area contributed by atoms with Crippen molar-refractivity contribution in [3.63, 3.8) is 0 Å². The first-order chi connectivity index (χ1) is 8.79. The first kappa shape index (κ1) is 13.3. The van der Waals surface area contributed by atoms with Gasteiger partial charge in [-0.25, -0.2) is 4.98 Å². The molecule has 18 heavy (non-hydrogen) atoms. The van der Waals surface area contributed by atoms with Crippen molar-refractivity contribution >= 4 is 0 Å². The average molecular weight is 248 g/mol. The Balaban J connectivity index is 1.88. The number of pyridine rings is 1. The summed E-state index contributed by atoms with van der Waals surface area (Å²) in [6, 6.07) is 6.10. The van der Waals surface area contributed by atoms with Crippen LogP contribution in [-0.2, 0) is 0 Å². The Bertz CT molecular complexity index is 361. The van der Waals surface area contributed by atoms with Crippen molar-refractivity contribution in [2.75, 3.05) is 19.7 Å². The summed E-state index contributed by atoms with van der Waals surface area (Å²) in [5, 5.41) is 3.37. The number of hydrogen-bond acceptors (Lipinski definition) is 3. The number of aromatic nitrogens is 1. The third kappa shape index (κ3) is 3.70. The Hall–Kier alpha value is -1.09. The minimum absolute atomic E-state index is 0.507. The third-order valence-electron chi connectivity index (χ3n) is 3.79. The molecule has 0 aliphatic carbocycles. The number of ether oxygens (including phenoxy) is 1. The zero-order valence-corrected chi connectivity index (χ0v) is 11.5. The summed E-state index contributed by atoms with van der Waals surface area (Å²) < 4.78 is 5.84. The van der Waals surface area contributed by atoms with Crippen LogP contribution in [0.1, 0.15) is 44.7 Å². The molecule has 1 aliphatic heterocycles. The van der Waals surface area contributed by atoms with Gasteiger partial charge in [0.15, 0.2) is 0 Å². The van der Waals surface area contributed by atoms with Crippen molar-refractivity contribution in [1.29, 1.82) is 0 Å². The van der Waals surface area contributed by atoms with E-state index in [2.05, 4.69) is 30.2 Å². The molecule has 100 valence electrons. The molecule has 0 aromatic carbocycles. The Morgan fingerprint density at radius 2 is 2.17 bits per heavy atom. The van der Waals surface area contributed by atoms with E-state index in [0.717, 1.165) is 37.7 Å². The molecule has 0 bridgehead atoms. The smallest absolute Gasteiger partial charge is 0.213 e. The van der Waals surface area contributed by atoms with Gasteiger partial charge in [-0.1, -0.05) is 19.9 Å². The highest BCUT2D eigenvalue weighted by Gasteiger charge is 2.14. The molecule has 0 radical (unpaired) electrons. The maximum absolute atomic E-state index is 5.84. The van der Waals surface area contributed by atoms with Crippen molar-refractivity contribution in [3.05, 3.63) is 23.9 Å². The molecule has 2 rings (SSSR count). The molecule has 1 fully saturated rings. The summed E-state index contributed by atoms with van der Waals surface area (Å²) in [6.07, 6.45) is 3.54. The second-order valence-corrected chi connectivity index (χ2v) is 5.21.